The van der Waals surface area contributed by atoms with Gasteiger partial charge in [-0.3, -0.25) is 6.08 Å². The average Bonchev–Trinajstić information content (AvgIpc) is 3.26. The third-order valence-corrected chi connectivity index (χ3v) is 5.44. The van der Waals surface area contributed by atoms with Crippen molar-refractivity contribution in [3.05, 3.63) is 104 Å². The Kier molecular flexibility index (Phi) is 12.6. The first-order valence-corrected chi connectivity index (χ1v) is 13.7. The fourth-order valence-electron chi connectivity index (χ4n) is 3.51. The van der Waals surface area contributed by atoms with Crippen LogP contribution in [0, 0.1) is 26.8 Å². The molecule has 0 nitrogen and oxygen atoms in total. The molecule has 1 aliphatic rings. The van der Waals surface area contributed by atoms with Crippen molar-refractivity contribution in [1.29, 1.82) is 0 Å². The first-order chi connectivity index (χ1) is 14.2. The van der Waals surface area contributed by atoms with Gasteiger partial charge < -0.3 is 14.9 Å². The van der Waals surface area contributed by atoms with Crippen LogP contribution in [-0.4, -0.2) is 6.88 Å². The third kappa shape index (κ3) is 6.96. The van der Waals surface area contributed by atoms with Gasteiger partial charge in [-0.1, -0.05) is 62.6 Å². The SMILES string of the molecule is CC1=[C-]C(C)C(C)=C1C.FC(F)(F)c1ccccc1-c1c[cH-]c2ccccc12.[CH3-].[CH3-].[Si]=[Zr]. The molecule has 0 spiro atoms. The number of rotatable bonds is 1. The Balaban J connectivity index is 0.000000632. The van der Waals surface area contributed by atoms with Gasteiger partial charge in [0.05, 0.1) is 5.56 Å². The average molecular weight is 530 g/mol. The van der Waals surface area contributed by atoms with Crippen LogP contribution in [0.4, 0.5) is 13.2 Å². The van der Waals surface area contributed by atoms with Crippen LogP contribution >= 0.6 is 0 Å². The van der Waals surface area contributed by atoms with E-state index < -0.39 is 11.7 Å². The summed E-state index contributed by atoms with van der Waals surface area (Å²) in [6, 6.07) is 16.7. The summed E-state index contributed by atoms with van der Waals surface area (Å²) in [4.78, 5) is 0. The van der Waals surface area contributed by atoms with Gasteiger partial charge in [-0.2, -0.15) is 24.3 Å². The van der Waals surface area contributed by atoms with Crippen molar-refractivity contribution in [2.24, 2.45) is 5.92 Å². The molecular weight excluding hydrogens is 501 g/mol. The summed E-state index contributed by atoms with van der Waals surface area (Å²) in [6.45, 7) is 11.7. The Bertz CT molecular complexity index is 1070. The molecule has 0 saturated carbocycles. The Hall–Kier alpha value is -1.58. The molecule has 3 aromatic rings. The van der Waals surface area contributed by atoms with Crippen molar-refractivity contribution in [2.45, 2.75) is 33.9 Å². The molecule has 0 saturated heterocycles. The second-order valence-electron chi connectivity index (χ2n) is 7.18. The number of fused-ring (bicyclic) bond motifs is 1. The first-order valence-electron chi connectivity index (χ1n) is 9.54. The van der Waals surface area contributed by atoms with Gasteiger partial charge >= 0.3 is 36.4 Å². The van der Waals surface area contributed by atoms with Gasteiger partial charge in [-0.15, -0.1) is 53.6 Å². The Labute approximate surface area is 208 Å². The van der Waals surface area contributed by atoms with E-state index in [9.17, 15) is 13.2 Å². The quantitative estimate of drug-likeness (QED) is 0.219. The molecule has 0 aromatic heterocycles. The molecule has 0 aliphatic heterocycles. The van der Waals surface area contributed by atoms with Crippen LogP contribution in [0.25, 0.3) is 21.9 Å². The van der Waals surface area contributed by atoms with E-state index in [2.05, 4.69) is 40.7 Å². The molecule has 3 aromatic carbocycles. The molecule has 0 bridgehead atoms. The molecule has 170 valence electrons. The van der Waals surface area contributed by atoms with Gasteiger partial charge in [0.15, 0.2) is 0 Å². The molecule has 0 heterocycles. The van der Waals surface area contributed by atoms with Gasteiger partial charge in [-0.25, -0.2) is 5.57 Å². The van der Waals surface area contributed by atoms with Crippen molar-refractivity contribution in [3.63, 3.8) is 0 Å². The second-order valence-corrected chi connectivity index (χ2v) is 7.18. The monoisotopic (exact) mass is 528 g/mol. The standard InChI is InChI=1S/C16H10F3.C9H13.2CH3.Si.Zr/c17-16(18,19)15-8-4-3-7-14(15)13-10-9-11-5-1-2-6-12(11)13;1-6-5-7(2)9(4)8(6)3;;;;/h1-10H;6H,1-4H3;2*1H3;;/q4*-1;;. The molecule has 5 heteroatoms. The molecule has 1 unspecified atom stereocenters. The molecule has 4 rings (SSSR count). The van der Waals surface area contributed by atoms with Gasteiger partial charge in [-0.05, 0) is 0 Å². The minimum atomic E-state index is -4.34. The molecule has 0 N–H and O–H groups in total. The van der Waals surface area contributed by atoms with Gasteiger partial charge in [0.1, 0.15) is 0 Å². The first kappa shape index (κ1) is 30.4. The zero-order valence-corrected chi connectivity index (χ0v) is 22.9. The van der Waals surface area contributed by atoms with E-state index in [4.69, 9.17) is 0 Å². The van der Waals surface area contributed by atoms with Crippen molar-refractivity contribution in [3.8, 4) is 11.1 Å². The van der Waals surface area contributed by atoms with E-state index in [0.29, 0.717) is 11.5 Å². The van der Waals surface area contributed by atoms with E-state index in [1.165, 1.54) is 52.2 Å². The van der Waals surface area contributed by atoms with E-state index in [1.54, 1.807) is 12.1 Å². The Morgan fingerprint density at radius 2 is 1.47 bits per heavy atom. The second kappa shape index (κ2) is 13.2. The summed E-state index contributed by atoms with van der Waals surface area (Å²) in [7, 11) is 0. The number of allylic oxidation sites excluding steroid dienone is 4. The normalized spacial score (nSPS) is 14.8. The molecular formula is C27H29F3SiZr-4. The number of halogens is 3. The zero-order chi connectivity index (χ0) is 22.5. The molecule has 1 aliphatic carbocycles. The van der Waals surface area contributed by atoms with Crippen LogP contribution in [0.5, 0.6) is 0 Å². The number of alkyl halides is 3. The maximum absolute atomic E-state index is 13.0. The summed E-state index contributed by atoms with van der Waals surface area (Å²) in [5, 5.41) is 1.80. The zero-order valence-electron chi connectivity index (χ0n) is 19.5. The summed E-state index contributed by atoms with van der Waals surface area (Å²) >= 11 is 1.36. The van der Waals surface area contributed by atoms with Crippen LogP contribution in [0.3, 0.4) is 0 Å². The summed E-state index contributed by atoms with van der Waals surface area (Å²) in [5.41, 5.74) is 4.51. The number of benzene rings is 2. The van der Waals surface area contributed by atoms with Crippen LogP contribution in [-0.2, 0) is 29.5 Å². The molecule has 0 fully saturated rings. The predicted octanol–water partition coefficient (Wildman–Crippen LogP) is 8.48. The van der Waals surface area contributed by atoms with Crippen molar-refractivity contribution in [2.75, 3.05) is 0 Å². The van der Waals surface area contributed by atoms with Crippen molar-refractivity contribution >= 4 is 17.7 Å². The van der Waals surface area contributed by atoms with E-state index in [0.717, 1.165) is 16.8 Å². The predicted molar refractivity (Wildman–Crippen MR) is 129 cm³/mol. The van der Waals surface area contributed by atoms with Gasteiger partial charge in [0, 0.05) is 0 Å². The summed E-state index contributed by atoms with van der Waals surface area (Å²) in [5.74, 6) is 0.560. The van der Waals surface area contributed by atoms with Crippen LogP contribution < -0.4 is 0 Å². The molecule has 0 amide bonds. The Morgan fingerprint density at radius 1 is 0.906 bits per heavy atom. The Morgan fingerprint density at radius 3 is 1.97 bits per heavy atom. The van der Waals surface area contributed by atoms with Crippen LogP contribution in [0.1, 0.15) is 33.3 Å². The molecule has 2 radical (unpaired) electrons. The van der Waals surface area contributed by atoms with E-state index >= 15 is 0 Å². The topological polar surface area (TPSA) is 0 Å². The minimum absolute atomic E-state index is 0. The fraction of sp³-hybridized carbons (Fsp3) is 0.222. The van der Waals surface area contributed by atoms with Gasteiger partial charge in [0.2, 0.25) is 0 Å². The van der Waals surface area contributed by atoms with E-state index in [-0.39, 0.29) is 20.4 Å². The summed E-state index contributed by atoms with van der Waals surface area (Å²) < 4.78 is 39.1. The number of hydrogen-bond donors (Lipinski definition) is 0. The van der Waals surface area contributed by atoms with Crippen molar-refractivity contribution < 1.29 is 36.5 Å². The molecule has 32 heavy (non-hydrogen) atoms. The van der Waals surface area contributed by atoms with Crippen LogP contribution in [0.2, 0.25) is 0 Å². The van der Waals surface area contributed by atoms with Crippen molar-refractivity contribution in [1.82, 2.24) is 0 Å². The van der Waals surface area contributed by atoms with E-state index in [1.807, 2.05) is 30.3 Å². The molecule has 1 atom stereocenters. The van der Waals surface area contributed by atoms with Gasteiger partial charge in [0.25, 0.3) is 0 Å². The van der Waals surface area contributed by atoms with Crippen LogP contribution in [0.15, 0.2) is 77.4 Å². The maximum atomic E-state index is 13.0. The fourth-order valence-corrected chi connectivity index (χ4v) is 3.51. The number of hydrogen-bond acceptors (Lipinski definition) is 0. The third-order valence-electron chi connectivity index (χ3n) is 5.44. The summed E-state index contributed by atoms with van der Waals surface area (Å²) in [6.07, 6.45) is -0.980.